The summed E-state index contributed by atoms with van der Waals surface area (Å²) < 4.78 is 10.4. The molecule has 0 aromatic rings. The maximum absolute atomic E-state index is 5.83. The Morgan fingerprint density at radius 2 is 2.33 bits per heavy atom. The second kappa shape index (κ2) is 5.48. The van der Waals surface area contributed by atoms with Gasteiger partial charge in [0.15, 0.2) is 0 Å². The third-order valence-electron chi connectivity index (χ3n) is 2.08. The molecule has 12 heavy (non-hydrogen) atoms. The summed E-state index contributed by atoms with van der Waals surface area (Å²) in [4.78, 5) is 0. The van der Waals surface area contributed by atoms with Crippen molar-refractivity contribution in [2.45, 2.75) is 18.6 Å². The first-order chi connectivity index (χ1) is 5.84. The van der Waals surface area contributed by atoms with Crippen molar-refractivity contribution < 1.29 is 9.47 Å². The molecule has 0 amide bonds. The zero-order valence-corrected chi connectivity index (χ0v) is 7.58. The first kappa shape index (κ1) is 9.92. The van der Waals surface area contributed by atoms with Crippen LogP contribution in [0.3, 0.4) is 0 Å². The molecule has 0 aromatic carbocycles. The Morgan fingerprint density at radius 1 is 1.50 bits per heavy atom. The lowest BCUT2D eigenvalue weighted by Crippen LogP contribution is -2.50. The molecule has 3 N–H and O–H groups in total. The average molecular weight is 174 g/mol. The highest BCUT2D eigenvalue weighted by Crippen LogP contribution is 2.05. The number of piperidine rings is 1. The van der Waals surface area contributed by atoms with Crippen molar-refractivity contribution in [3.05, 3.63) is 0 Å². The predicted molar refractivity (Wildman–Crippen MR) is 47.1 cm³/mol. The zero-order chi connectivity index (χ0) is 8.81. The maximum atomic E-state index is 5.83. The lowest BCUT2D eigenvalue weighted by molar-refractivity contribution is -0.00635. The summed E-state index contributed by atoms with van der Waals surface area (Å²) in [6, 6.07) is 0.135. The summed E-state index contributed by atoms with van der Waals surface area (Å²) in [6.07, 6.45) is 1.21. The fourth-order valence-corrected chi connectivity index (χ4v) is 1.35. The van der Waals surface area contributed by atoms with Gasteiger partial charge in [0.2, 0.25) is 0 Å². The van der Waals surface area contributed by atoms with Crippen molar-refractivity contribution in [1.82, 2.24) is 5.32 Å². The van der Waals surface area contributed by atoms with Crippen molar-refractivity contribution in [2.24, 2.45) is 5.73 Å². The first-order valence-electron chi connectivity index (χ1n) is 4.41. The summed E-state index contributed by atoms with van der Waals surface area (Å²) >= 11 is 0. The summed E-state index contributed by atoms with van der Waals surface area (Å²) in [5, 5.41) is 3.22. The Bertz CT molecular complexity index is 122. The largest absolute Gasteiger partial charge is 0.382 e. The van der Waals surface area contributed by atoms with Gasteiger partial charge in [-0.2, -0.15) is 0 Å². The van der Waals surface area contributed by atoms with E-state index in [0.29, 0.717) is 13.2 Å². The van der Waals surface area contributed by atoms with Crippen LogP contribution in [0.15, 0.2) is 0 Å². The molecule has 1 aliphatic rings. The Hall–Kier alpha value is -0.160. The molecule has 0 aliphatic carbocycles. The molecule has 0 spiro atoms. The van der Waals surface area contributed by atoms with Gasteiger partial charge in [-0.05, 0) is 13.0 Å². The lowest BCUT2D eigenvalue weighted by Gasteiger charge is -2.29. The molecular weight excluding hydrogens is 156 g/mol. The molecule has 1 fully saturated rings. The Kier molecular flexibility index (Phi) is 4.53. The third-order valence-corrected chi connectivity index (χ3v) is 2.08. The van der Waals surface area contributed by atoms with Gasteiger partial charge in [-0.1, -0.05) is 0 Å². The van der Waals surface area contributed by atoms with Gasteiger partial charge in [0.25, 0.3) is 0 Å². The summed E-state index contributed by atoms with van der Waals surface area (Å²) in [6.45, 7) is 3.16. The van der Waals surface area contributed by atoms with Gasteiger partial charge >= 0.3 is 0 Å². The van der Waals surface area contributed by atoms with Crippen LogP contribution in [0, 0.1) is 0 Å². The number of hydrogen-bond donors (Lipinski definition) is 2. The number of nitrogens with one attached hydrogen (secondary N) is 1. The topological polar surface area (TPSA) is 56.5 Å². The highest BCUT2D eigenvalue weighted by Gasteiger charge is 2.21. The fourth-order valence-electron chi connectivity index (χ4n) is 1.35. The van der Waals surface area contributed by atoms with Crippen LogP contribution in [0.1, 0.15) is 6.42 Å². The van der Waals surface area contributed by atoms with Crippen LogP contribution < -0.4 is 11.1 Å². The standard InChI is InChI=1S/C8H18N2O2/c1-11-4-5-12-8-2-3-10-6-7(8)9/h7-8,10H,2-6,9H2,1H3. The zero-order valence-electron chi connectivity index (χ0n) is 7.58. The quantitative estimate of drug-likeness (QED) is 0.555. The average Bonchev–Trinajstić information content (AvgIpc) is 2.09. The minimum absolute atomic E-state index is 0.135. The molecular formula is C8H18N2O2. The summed E-state index contributed by atoms with van der Waals surface area (Å²) in [7, 11) is 1.67. The van der Waals surface area contributed by atoms with Crippen LogP contribution >= 0.6 is 0 Å². The van der Waals surface area contributed by atoms with Crippen LogP contribution in [0.25, 0.3) is 0 Å². The van der Waals surface area contributed by atoms with E-state index in [1.165, 1.54) is 0 Å². The molecule has 2 atom stereocenters. The summed E-state index contributed by atoms with van der Waals surface area (Å²) in [5.74, 6) is 0. The van der Waals surface area contributed by atoms with Crippen molar-refractivity contribution in [3.63, 3.8) is 0 Å². The van der Waals surface area contributed by atoms with Crippen molar-refractivity contribution in [1.29, 1.82) is 0 Å². The molecule has 2 unspecified atom stereocenters. The molecule has 4 nitrogen and oxygen atoms in total. The van der Waals surface area contributed by atoms with Crippen molar-refractivity contribution >= 4 is 0 Å². The van der Waals surface area contributed by atoms with E-state index in [9.17, 15) is 0 Å². The van der Waals surface area contributed by atoms with Crippen molar-refractivity contribution in [3.8, 4) is 0 Å². The van der Waals surface area contributed by atoms with E-state index in [-0.39, 0.29) is 12.1 Å². The Morgan fingerprint density at radius 3 is 3.00 bits per heavy atom. The predicted octanol–water partition coefficient (Wildman–Crippen LogP) is -0.661. The highest BCUT2D eigenvalue weighted by atomic mass is 16.5. The maximum Gasteiger partial charge on any atom is 0.0751 e. The number of methoxy groups -OCH3 is 1. The minimum Gasteiger partial charge on any atom is -0.382 e. The van der Waals surface area contributed by atoms with Gasteiger partial charge in [-0.15, -0.1) is 0 Å². The molecule has 0 saturated carbocycles. The van der Waals surface area contributed by atoms with Gasteiger partial charge in [0, 0.05) is 19.7 Å². The van der Waals surface area contributed by atoms with Crippen LogP contribution in [-0.4, -0.2) is 45.6 Å². The highest BCUT2D eigenvalue weighted by molar-refractivity contribution is 4.81. The molecule has 1 rings (SSSR count). The SMILES string of the molecule is COCCOC1CCNCC1N. The van der Waals surface area contributed by atoms with E-state index >= 15 is 0 Å². The number of nitrogens with two attached hydrogens (primary N) is 1. The number of hydrogen-bond acceptors (Lipinski definition) is 4. The minimum atomic E-state index is 0.135. The number of ether oxygens (including phenoxy) is 2. The second-order valence-electron chi connectivity index (χ2n) is 3.06. The van der Waals surface area contributed by atoms with Crippen molar-refractivity contribution in [2.75, 3.05) is 33.4 Å². The van der Waals surface area contributed by atoms with E-state index < -0.39 is 0 Å². The van der Waals surface area contributed by atoms with Crippen LogP contribution in [-0.2, 0) is 9.47 Å². The third kappa shape index (κ3) is 3.06. The first-order valence-corrected chi connectivity index (χ1v) is 4.41. The van der Waals surface area contributed by atoms with Crippen LogP contribution in [0.4, 0.5) is 0 Å². The fraction of sp³-hybridized carbons (Fsp3) is 1.00. The normalized spacial score (nSPS) is 30.5. The molecule has 4 heteroatoms. The number of rotatable bonds is 4. The molecule has 0 aromatic heterocycles. The van der Waals surface area contributed by atoms with E-state index in [1.54, 1.807) is 7.11 Å². The van der Waals surface area contributed by atoms with E-state index in [1.807, 2.05) is 0 Å². The van der Waals surface area contributed by atoms with Crippen LogP contribution in [0.2, 0.25) is 0 Å². The van der Waals surface area contributed by atoms with E-state index in [4.69, 9.17) is 15.2 Å². The Balaban J connectivity index is 2.11. The second-order valence-corrected chi connectivity index (χ2v) is 3.06. The van der Waals surface area contributed by atoms with Gasteiger partial charge in [0.05, 0.1) is 19.3 Å². The lowest BCUT2D eigenvalue weighted by atomic mass is 10.1. The van der Waals surface area contributed by atoms with Gasteiger partial charge in [-0.25, -0.2) is 0 Å². The molecule has 0 radical (unpaired) electrons. The smallest absolute Gasteiger partial charge is 0.0751 e. The van der Waals surface area contributed by atoms with E-state index in [0.717, 1.165) is 19.5 Å². The monoisotopic (exact) mass is 174 g/mol. The van der Waals surface area contributed by atoms with E-state index in [2.05, 4.69) is 5.32 Å². The summed E-state index contributed by atoms with van der Waals surface area (Å²) in [5.41, 5.74) is 5.83. The van der Waals surface area contributed by atoms with Gasteiger partial charge in [0.1, 0.15) is 0 Å². The Labute approximate surface area is 73.4 Å². The molecule has 1 heterocycles. The van der Waals surface area contributed by atoms with Gasteiger partial charge < -0.3 is 20.5 Å². The molecule has 0 bridgehead atoms. The van der Waals surface area contributed by atoms with Crippen LogP contribution in [0.5, 0.6) is 0 Å². The molecule has 72 valence electrons. The molecule has 1 aliphatic heterocycles. The molecule has 1 saturated heterocycles. The van der Waals surface area contributed by atoms with Gasteiger partial charge in [-0.3, -0.25) is 0 Å².